The third-order valence-corrected chi connectivity index (χ3v) is 2.44. The Morgan fingerprint density at radius 1 is 1.21 bits per heavy atom. The van der Waals surface area contributed by atoms with Gasteiger partial charge in [0.2, 0.25) is 0 Å². The number of hydrogen-bond donors (Lipinski definition) is 2. The number of benzene rings is 1. The maximum atomic E-state index is 13.3. The van der Waals surface area contributed by atoms with E-state index in [1.807, 2.05) is 5.32 Å². The number of ketones is 1. The van der Waals surface area contributed by atoms with Crippen LogP contribution in [0, 0.1) is 5.82 Å². The minimum absolute atomic E-state index is 0.453. The molecular weight excluding hydrogens is 272 g/mol. The van der Waals surface area contributed by atoms with Crippen molar-refractivity contribution in [3.8, 4) is 0 Å². The topological polar surface area (TPSA) is 78.8 Å². The van der Waals surface area contributed by atoms with Gasteiger partial charge in [-0.15, -0.1) is 0 Å². The molecule has 0 aliphatic carbocycles. The van der Waals surface area contributed by atoms with Gasteiger partial charge in [0, 0.05) is 5.56 Å². The van der Waals surface area contributed by atoms with E-state index in [1.54, 1.807) is 0 Å². The molecule has 19 heavy (non-hydrogen) atoms. The van der Waals surface area contributed by atoms with Gasteiger partial charge in [0.05, 0.1) is 5.69 Å². The number of carbonyl (C=O) groups is 2. The molecule has 2 N–H and O–H groups in total. The zero-order valence-electron chi connectivity index (χ0n) is 8.88. The Morgan fingerprint density at radius 3 is 2.37 bits per heavy atom. The van der Waals surface area contributed by atoms with Crippen LogP contribution in [0.15, 0.2) is 17.3 Å². The van der Waals surface area contributed by atoms with Gasteiger partial charge in [0.15, 0.2) is 5.71 Å². The largest absolute Gasteiger partial charge is 0.419 e. The molecule has 0 saturated carbocycles. The van der Waals surface area contributed by atoms with Crippen molar-refractivity contribution in [2.75, 3.05) is 5.32 Å². The van der Waals surface area contributed by atoms with Gasteiger partial charge in [-0.1, -0.05) is 5.16 Å². The number of fused-ring (bicyclic) bond motifs is 1. The summed E-state index contributed by atoms with van der Waals surface area (Å²) in [6.45, 7) is 0. The normalized spacial score (nSPS) is 17.4. The molecule has 0 aromatic heterocycles. The Hall–Kier alpha value is -2.45. The smallest absolute Gasteiger partial charge is 0.410 e. The maximum absolute atomic E-state index is 13.3. The van der Waals surface area contributed by atoms with Crippen molar-refractivity contribution in [3.05, 3.63) is 29.1 Å². The third-order valence-electron chi connectivity index (χ3n) is 2.44. The molecule has 1 aromatic rings. The number of anilines is 1. The predicted octanol–water partition coefficient (Wildman–Crippen LogP) is 1.54. The van der Waals surface area contributed by atoms with Gasteiger partial charge in [-0.25, -0.2) is 4.39 Å². The second kappa shape index (κ2) is 4.04. The highest BCUT2D eigenvalue weighted by molar-refractivity contribution is 6.72. The fourth-order valence-electron chi connectivity index (χ4n) is 1.70. The Morgan fingerprint density at radius 2 is 1.84 bits per heavy atom. The molecule has 9 heteroatoms. The first-order chi connectivity index (χ1) is 8.77. The van der Waals surface area contributed by atoms with Crippen molar-refractivity contribution in [2.45, 2.75) is 6.18 Å². The van der Waals surface area contributed by atoms with E-state index in [1.165, 1.54) is 0 Å². The number of Topliss-reactive ketones (excluding diaryl/α,β-unsaturated/α-hetero) is 1. The Balaban J connectivity index is 2.84. The molecule has 0 unspecified atom stereocenters. The number of alkyl halides is 3. The van der Waals surface area contributed by atoms with E-state index in [0.29, 0.717) is 6.07 Å². The molecule has 0 saturated heterocycles. The van der Waals surface area contributed by atoms with Gasteiger partial charge in [0.1, 0.15) is 11.4 Å². The molecule has 1 aromatic carbocycles. The first-order valence-corrected chi connectivity index (χ1v) is 4.75. The second-order valence-corrected chi connectivity index (χ2v) is 3.57. The molecule has 5 nitrogen and oxygen atoms in total. The Labute approximate surface area is 102 Å². The summed E-state index contributed by atoms with van der Waals surface area (Å²) in [5.74, 6) is -4.39. The van der Waals surface area contributed by atoms with Crippen LogP contribution < -0.4 is 5.32 Å². The van der Waals surface area contributed by atoms with Gasteiger partial charge in [-0.05, 0) is 12.1 Å². The molecule has 0 radical (unpaired) electrons. The maximum Gasteiger partial charge on any atom is 0.419 e. The highest BCUT2D eigenvalue weighted by Crippen LogP contribution is 2.38. The molecule has 1 heterocycles. The first kappa shape index (κ1) is 13.0. The van der Waals surface area contributed by atoms with Crippen LogP contribution in [0.4, 0.5) is 23.2 Å². The molecule has 1 aliphatic heterocycles. The highest BCUT2D eigenvalue weighted by atomic mass is 19.4. The summed E-state index contributed by atoms with van der Waals surface area (Å²) in [4.78, 5) is 22.5. The van der Waals surface area contributed by atoms with Crippen molar-refractivity contribution in [1.82, 2.24) is 0 Å². The molecule has 0 bridgehead atoms. The van der Waals surface area contributed by atoms with Crippen LogP contribution in [0.3, 0.4) is 0 Å². The second-order valence-electron chi connectivity index (χ2n) is 3.57. The van der Waals surface area contributed by atoms with E-state index >= 15 is 0 Å². The Kier molecular flexibility index (Phi) is 2.76. The number of carbonyl (C=O) groups excluding carboxylic acids is 2. The Bertz CT molecular complexity index is 622. The summed E-state index contributed by atoms with van der Waals surface area (Å²) in [7, 11) is 0. The summed E-state index contributed by atoms with van der Waals surface area (Å²) >= 11 is 0. The van der Waals surface area contributed by atoms with E-state index in [-0.39, 0.29) is 0 Å². The van der Waals surface area contributed by atoms with Crippen molar-refractivity contribution >= 4 is 23.1 Å². The van der Waals surface area contributed by atoms with Crippen LogP contribution in [-0.2, 0) is 15.8 Å². The van der Waals surface area contributed by atoms with Gasteiger partial charge < -0.3 is 10.5 Å². The van der Waals surface area contributed by atoms with Crippen molar-refractivity contribution in [3.63, 3.8) is 0 Å². The minimum atomic E-state index is -5.12. The zero-order valence-corrected chi connectivity index (χ0v) is 8.88. The van der Waals surface area contributed by atoms with Crippen LogP contribution in [-0.4, -0.2) is 22.6 Å². The number of oxime groups is 1. The average molecular weight is 276 g/mol. The minimum Gasteiger partial charge on any atom is -0.410 e. The summed E-state index contributed by atoms with van der Waals surface area (Å²) < 4.78 is 51.6. The quantitative estimate of drug-likeness (QED) is 0.326. The molecule has 0 spiro atoms. The number of amides is 1. The van der Waals surface area contributed by atoms with E-state index in [0.717, 1.165) is 6.07 Å². The molecule has 1 amide bonds. The SMILES string of the molecule is O=C1Nc2ccc(F)c(C(F)(F)F)c2/C(=N/O)C1=O. The molecule has 100 valence electrons. The van der Waals surface area contributed by atoms with E-state index < -0.39 is 46.2 Å². The van der Waals surface area contributed by atoms with E-state index in [4.69, 9.17) is 5.21 Å². The molecule has 0 atom stereocenters. The summed E-state index contributed by atoms with van der Waals surface area (Å²) in [5.41, 5.74) is -4.36. The molecule has 0 fully saturated rings. The van der Waals surface area contributed by atoms with Crippen LogP contribution in [0.25, 0.3) is 0 Å². The van der Waals surface area contributed by atoms with Gasteiger partial charge >= 0.3 is 6.18 Å². The third kappa shape index (κ3) is 1.92. The van der Waals surface area contributed by atoms with Crippen molar-refractivity contribution in [1.29, 1.82) is 0 Å². The first-order valence-electron chi connectivity index (χ1n) is 4.75. The fourth-order valence-corrected chi connectivity index (χ4v) is 1.70. The molecule has 1 aliphatic rings. The summed E-state index contributed by atoms with van der Waals surface area (Å²) in [6.07, 6.45) is -5.12. The number of hydrogen-bond acceptors (Lipinski definition) is 4. The van der Waals surface area contributed by atoms with Crippen molar-refractivity contribution in [2.24, 2.45) is 5.16 Å². The molecular formula is C10H4F4N2O3. The lowest BCUT2D eigenvalue weighted by Gasteiger charge is -2.21. The average Bonchev–Trinajstić information content (AvgIpc) is 2.30. The van der Waals surface area contributed by atoms with Gasteiger partial charge in [-0.3, -0.25) is 9.59 Å². The lowest BCUT2D eigenvalue weighted by Crippen LogP contribution is -2.38. The summed E-state index contributed by atoms with van der Waals surface area (Å²) in [6, 6.07) is 1.34. The van der Waals surface area contributed by atoms with Crippen LogP contribution >= 0.6 is 0 Å². The zero-order chi connectivity index (χ0) is 14.4. The van der Waals surface area contributed by atoms with E-state index in [9.17, 15) is 27.2 Å². The fraction of sp³-hybridized carbons (Fsp3) is 0.100. The van der Waals surface area contributed by atoms with Gasteiger partial charge in [0.25, 0.3) is 11.7 Å². The lowest BCUT2D eigenvalue weighted by atomic mass is 9.94. The van der Waals surface area contributed by atoms with Crippen LogP contribution in [0.1, 0.15) is 11.1 Å². The number of nitrogens with zero attached hydrogens (tertiary/aromatic N) is 1. The monoisotopic (exact) mass is 276 g/mol. The standard InChI is InChI=1S/C10H4F4N2O3/c11-3-1-2-4-5(6(3)10(12,13)14)7(16-19)8(17)9(18)15-4/h1-2,19H,(H,15,18)/b16-7-. The number of nitrogens with one attached hydrogen (secondary N) is 1. The van der Waals surface area contributed by atoms with Crippen LogP contribution in [0.2, 0.25) is 0 Å². The van der Waals surface area contributed by atoms with E-state index in [2.05, 4.69) is 5.16 Å². The lowest BCUT2D eigenvalue weighted by molar-refractivity contribution is -0.140. The predicted molar refractivity (Wildman–Crippen MR) is 53.4 cm³/mol. The van der Waals surface area contributed by atoms with Crippen molar-refractivity contribution < 1.29 is 32.4 Å². The highest BCUT2D eigenvalue weighted by Gasteiger charge is 2.43. The summed E-state index contributed by atoms with van der Waals surface area (Å²) in [5, 5.41) is 12.8. The number of halogens is 4. The number of rotatable bonds is 0. The molecule has 2 rings (SSSR count). The van der Waals surface area contributed by atoms with Crippen LogP contribution in [0.5, 0.6) is 0 Å². The van der Waals surface area contributed by atoms with Gasteiger partial charge in [-0.2, -0.15) is 13.2 Å².